The summed E-state index contributed by atoms with van der Waals surface area (Å²) in [6.07, 6.45) is 1.41. The van der Waals surface area contributed by atoms with Crippen LogP contribution in [0, 0.1) is 6.92 Å². The molecule has 6 rings (SSSR count). The quantitative estimate of drug-likeness (QED) is 0.290. The van der Waals surface area contributed by atoms with E-state index in [4.69, 9.17) is 27.9 Å². The van der Waals surface area contributed by atoms with Gasteiger partial charge in [0.1, 0.15) is 18.5 Å². The molecule has 2 bridgehead atoms. The molecule has 0 aliphatic carbocycles. The predicted octanol–water partition coefficient (Wildman–Crippen LogP) is 5.58. The first-order valence-corrected chi connectivity index (χ1v) is 14.1. The Kier molecular flexibility index (Phi) is 7.29. The van der Waals surface area contributed by atoms with Gasteiger partial charge in [-0.05, 0) is 43.9 Å². The van der Waals surface area contributed by atoms with Gasteiger partial charge in [0, 0.05) is 30.2 Å². The fourth-order valence-electron chi connectivity index (χ4n) is 5.89. The van der Waals surface area contributed by atoms with E-state index < -0.39 is 30.1 Å². The zero-order chi connectivity index (χ0) is 28.8. The number of hydrogen-bond acceptors (Lipinski definition) is 7. The van der Waals surface area contributed by atoms with Crippen LogP contribution in [0.25, 0.3) is 10.9 Å². The highest BCUT2D eigenvalue weighted by Gasteiger charge is 2.49. The lowest BCUT2D eigenvalue weighted by atomic mass is 9.95. The second-order valence-electron chi connectivity index (χ2n) is 10.5. The molecule has 2 aliphatic rings. The number of ether oxygens (including phenoxy) is 1. The van der Waals surface area contributed by atoms with Crippen molar-refractivity contribution < 1.29 is 18.7 Å². The van der Waals surface area contributed by atoms with Crippen molar-refractivity contribution in [2.45, 2.75) is 57.1 Å². The highest BCUT2D eigenvalue weighted by Crippen LogP contribution is 2.41. The number of nitrogens with zero attached hydrogens (tertiary/aromatic N) is 5. The molecule has 1 N–H and O–H groups in total. The first kappa shape index (κ1) is 27.4. The number of carbonyl (C=O) groups excluding carboxylic acids is 2. The molecule has 41 heavy (non-hydrogen) atoms. The number of hydrogen-bond donors (Lipinski definition) is 1. The minimum Gasteiger partial charge on any atom is -0.445 e. The number of halogens is 3. The Morgan fingerprint density at radius 2 is 1.90 bits per heavy atom. The first-order valence-electron chi connectivity index (χ1n) is 13.3. The van der Waals surface area contributed by atoms with Crippen molar-refractivity contribution in [1.29, 1.82) is 0 Å². The summed E-state index contributed by atoms with van der Waals surface area (Å²) in [5, 5.41) is 7.84. The molecule has 2 aromatic heterocycles. The predicted molar refractivity (Wildman–Crippen MR) is 153 cm³/mol. The zero-order valence-electron chi connectivity index (χ0n) is 22.4. The largest absolute Gasteiger partial charge is 0.445 e. The van der Waals surface area contributed by atoms with E-state index in [0.29, 0.717) is 35.3 Å². The van der Waals surface area contributed by atoms with E-state index in [9.17, 15) is 9.59 Å². The SMILES string of the molecule is Cc1nc(C(=O)c2ccc3nn(C)cc3c2Cl)c(Cl)nc1N1[C@@H]2CC[C@@H]1[C@@H](F)[C@@H](NC(=O)OCc1ccccc1)C2. The van der Waals surface area contributed by atoms with Gasteiger partial charge in [0.15, 0.2) is 11.0 Å². The number of anilines is 1. The first-order chi connectivity index (χ1) is 19.7. The van der Waals surface area contributed by atoms with E-state index in [1.807, 2.05) is 35.2 Å². The van der Waals surface area contributed by atoms with Gasteiger partial charge in [0.25, 0.3) is 0 Å². The number of piperidine rings is 1. The van der Waals surface area contributed by atoms with Crippen LogP contribution in [0.15, 0.2) is 48.7 Å². The molecule has 2 aliphatic heterocycles. The molecule has 2 saturated heterocycles. The highest BCUT2D eigenvalue weighted by molar-refractivity contribution is 6.40. The average Bonchev–Trinajstić information content (AvgIpc) is 3.51. The molecule has 4 atom stereocenters. The van der Waals surface area contributed by atoms with Gasteiger partial charge < -0.3 is 15.0 Å². The van der Waals surface area contributed by atoms with Gasteiger partial charge in [0.2, 0.25) is 5.78 Å². The lowest BCUT2D eigenvalue weighted by Crippen LogP contribution is -2.58. The number of nitrogens with one attached hydrogen (secondary N) is 1. The number of alkyl halides is 1. The molecule has 0 spiro atoms. The van der Waals surface area contributed by atoms with E-state index in [1.54, 1.807) is 37.0 Å². The molecule has 2 aromatic carbocycles. The number of aryl methyl sites for hydroxylation is 2. The smallest absolute Gasteiger partial charge is 0.407 e. The minimum atomic E-state index is -1.36. The van der Waals surface area contributed by atoms with E-state index in [-0.39, 0.29) is 34.1 Å². The molecule has 212 valence electrons. The molecule has 0 unspecified atom stereocenters. The van der Waals surface area contributed by atoms with Gasteiger partial charge >= 0.3 is 6.09 Å². The summed E-state index contributed by atoms with van der Waals surface area (Å²) in [7, 11) is 1.77. The number of carbonyl (C=O) groups is 2. The molecule has 0 saturated carbocycles. The number of fused-ring (bicyclic) bond motifs is 3. The standard InChI is InChI=1S/C29H27Cl2FN6O3/c1-15-28(35-27(31)25(33-15)26(39)18-9-10-20-19(23(18)30)13-37(2)36-20)38-17-8-11-22(38)24(32)21(12-17)34-29(40)41-14-16-6-4-3-5-7-16/h3-7,9-10,13,17,21-22,24H,8,11-12,14H2,1-2H3,(H,34,40)/t17-,21+,22-,24+/m1/s1. The normalized spacial score (nSPS) is 21.7. The summed E-state index contributed by atoms with van der Waals surface area (Å²) >= 11 is 13.1. The fourth-order valence-corrected chi connectivity index (χ4v) is 6.40. The van der Waals surface area contributed by atoms with Crippen LogP contribution in [-0.2, 0) is 18.4 Å². The van der Waals surface area contributed by atoms with Crippen LogP contribution in [0.5, 0.6) is 0 Å². The maximum Gasteiger partial charge on any atom is 0.407 e. The van der Waals surface area contributed by atoms with Crippen molar-refractivity contribution in [2.75, 3.05) is 4.90 Å². The monoisotopic (exact) mass is 596 g/mol. The third-order valence-electron chi connectivity index (χ3n) is 7.79. The Morgan fingerprint density at radius 1 is 1.12 bits per heavy atom. The second kappa shape index (κ2) is 10.9. The maximum absolute atomic E-state index is 15.8. The van der Waals surface area contributed by atoms with Crippen molar-refractivity contribution in [3.63, 3.8) is 0 Å². The number of rotatable bonds is 6. The Balaban J connectivity index is 1.19. The highest BCUT2D eigenvalue weighted by atomic mass is 35.5. The summed E-state index contributed by atoms with van der Waals surface area (Å²) < 4.78 is 22.7. The van der Waals surface area contributed by atoms with Gasteiger partial charge in [-0.1, -0.05) is 53.5 Å². The fraction of sp³-hybridized carbons (Fsp3) is 0.345. The number of amides is 1. The van der Waals surface area contributed by atoms with Gasteiger partial charge in [-0.3, -0.25) is 9.48 Å². The average molecular weight is 597 g/mol. The number of aromatic nitrogens is 4. The summed E-state index contributed by atoms with van der Waals surface area (Å²) in [4.78, 5) is 36.8. The second-order valence-corrected chi connectivity index (χ2v) is 11.2. The molecule has 12 heteroatoms. The number of ketones is 1. The van der Waals surface area contributed by atoms with Crippen LogP contribution in [0.1, 0.15) is 46.6 Å². The molecule has 4 heterocycles. The van der Waals surface area contributed by atoms with E-state index in [0.717, 1.165) is 12.0 Å². The molecule has 2 fully saturated rings. The van der Waals surface area contributed by atoms with Gasteiger partial charge in [0.05, 0.1) is 28.3 Å². The zero-order valence-corrected chi connectivity index (χ0v) is 23.9. The Labute approximate surface area is 245 Å². The molecular weight excluding hydrogens is 570 g/mol. The van der Waals surface area contributed by atoms with E-state index in [2.05, 4.69) is 20.4 Å². The Hall–Kier alpha value is -3.76. The third-order valence-corrected chi connectivity index (χ3v) is 8.46. The Morgan fingerprint density at radius 3 is 2.68 bits per heavy atom. The van der Waals surface area contributed by atoms with Crippen molar-refractivity contribution in [3.8, 4) is 0 Å². The Bertz CT molecular complexity index is 1650. The molecule has 9 nitrogen and oxygen atoms in total. The summed E-state index contributed by atoms with van der Waals surface area (Å²) in [5.74, 6) is -0.0308. The van der Waals surface area contributed by atoms with Crippen molar-refractivity contribution in [1.82, 2.24) is 25.1 Å². The summed E-state index contributed by atoms with van der Waals surface area (Å²) in [5.41, 5.74) is 2.18. The molecule has 0 radical (unpaired) electrons. The lowest BCUT2D eigenvalue weighted by Gasteiger charge is -2.42. The van der Waals surface area contributed by atoms with Crippen molar-refractivity contribution >= 4 is 51.8 Å². The van der Waals surface area contributed by atoms with Crippen molar-refractivity contribution in [3.05, 3.63) is 81.4 Å². The summed E-state index contributed by atoms with van der Waals surface area (Å²) in [6.45, 7) is 1.83. The van der Waals surface area contributed by atoms with E-state index in [1.165, 1.54) is 0 Å². The van der Waals surface area contributed by atoms with Crippen LogP contribution >= 0.6 is 23.2 Å². The van der Waals surface area contributed by atoms with Gasteiger partial charge in [-0.25, -0.2) is 19.2 Å². The van der Waals surface area contributed by atoms with Gasteiger partial charge in [-0.2, -0.15) is 5.10 Å². The van der Waals surface area contributed by atoms with Crippen LogP contribution < -0.4 is 10.2 Å². The number of alkyl carbamates (subject to hydrolysis) is 1. The third kappa shape index (κ3) is 5.10. The molecular formula is C29H27Cl2FN6O3. The van der Waals surface area contributed by atoms with Crippen LogP contribution in [0.2, 0.25) is 10.2 Å². The lowest BCUT2D eigenvalue weighted by molar-refractivity contribution is 0.103. The van der Waals surface area contributed by atoms with Crippen LogP contribution in [0.4, 0.5) is 15.0 Å². The maximum atomic E-state index is 15.8. The van der Waals surface area contributed by atoms with Crippen LogP contribution in [0.3, 0.4) is 0 Å². The minimum absolute atomic E-state index is 0.0279. The molecule has 1 amide bonds. The van der Waals surface area contributed by atoms with Crippen molar-refractivity contribution in [2.24, 2.45) is 7.05 Å². The van der Waals surface area contributed by atoms with Crippen LogP contribution in [-0.4, -0.2) is 55.9 Å². The van der Waals surface area contributed by atoms with Gasteiger partial charge in [-0.15, -0.1) is 0 Å². The topological polar surface area (TPSA) is 102 Å². The molecule has 4 aromatic rings. The van der Waals surface area contributed by atoms with E-state index >= 15 is 4.39 Å². The number of benzene rings is 2. The summed E-state index contributed by atoms with van der Waals surface area (Å²) in [6, 6.07) is 11.3.